The molecule has 7 nitrogen and oxygen atoms in total. The average molecular weight is 377 g/mol. The predicted molar refractivity (Wildman–Crippen MR) is 101 cm³/mol. The quantitative estimate of drug-likeness (QED) is 0.731. The SMILES string of the molecule is CCCc1nc(CN(CC)C(=O)[C@H]2CCCN2C(=O)C2CCCCC2)no1. The summed E-state index contributed by atoms with van der Waals surface area (Å²) in [6.07, 6.45) is 8.76. The Hall–Kier alpha value is -1.92. The molecule has 150 valence electrons. The highest BCUT2D eigenvalue weighted by molar-refractivity contribution is 5.89. The number of hydrogen-bond donors (Lipinski definition) is 0. The van der Waals surface area contributed by atoms with Gasteiger partial charge in [0.25, 0.3) is 0 Å². The summed E-state index contributed by atoms with van der Waals surface area (Å²) in [6.45, 7) is 5.62. The van der Waals surface area contributed by atoms with Crippen molar-refractivity contribution in [1.82, 2.24) is 19.9 Å². The predicted octanol–water partition coefficient (Wildman–Crippen LogP) is 2.94. The van der Waals surface area contributed by atoms with E-state index in [1.54, 1.807) is 4.90 Å². The molecule has 0 radical (unpaired) electrons. The molecule has 7 heteroatoms. The van der Waals surface area contributed by atoms with Crippen LogP contribution in [-0.2, 0) is 22.6 Å². The minimum atomic E-state index is -0.332. The van der Waals surface area contributed by atoms with Gasteiger partial charge in [-0.1, -0.05) is 31.3 Å². The molecule has 1 atom stereocenters. The van der Waals surface area contributed by atoms with E-state index in [4.69, 9.17) is 4.52 Å². The Morgan fingerprint density at radius 2 is 1.93 bits per heavy atom. The molecule has 0 spiro atoms. The summed E-state index contributed by atoms with van der Waals surface area (Å²) >= 11 is 0. The maximum Gasteiger partial charge on any atom is 0.245 e. The van der Waals surface area contributed by atoms with Crippen LogP contribution >= 0.6 is 0 Å². The lowest BCUT2D eigenvalue weighted by Gasteiger charge is -2.32. The van der Waals surface area contributed by atoms with Crippen molar-refractivity contribution >= 4 is 11.8 Å². The zero-order valence-electron chi connectivity index (χ0n) is 16.7. The van der Waals surface area contributed by atoms with Crippen molar-refractivity contribution in [3.63, 3.8) is 0 Å². The molecule has 1 saturated carbocycles. The topological polar surface area (TPSA) is 79.5 Å². The van der Waals surface area contributed by atoms with Crippen LogP contribution in [-0.4, -0.2) is 50.9 Å². The third kappa shape index (κ3) is 4.68. The number of hydrogen-bond acceptors (Lipinski definition) is 5. The van der Waals surface area contributed by atoms with E-state index in [2.05, 4.69) is 17.1 Å². The number of aromatic nitrogens is 2. The first kappa shape index (κ1) is 19.8. The standard InChI is InChI=1S/C20H32N4O3/c1-3-9-18-21-17(22-27-18)14-23(4-2)20(26)16-12-8-13-24(16)19(25)15-10-6-5-7-11-15/h15-16H,3-14H2,1-2H3/t16-/m1/s1. The minimum absolute atomic E-state index is 0.0148. The molecule has 0 unspecified atom stereocenters. The van der Waals surface area contributed by atoms with Crippen LogP contribution < -0.4 is 0 Å². The number of aryl methyl sites for hydroxylation is 1. The molecule has 1 saturated heterocycles. The summed E-state index contributed by atoms with van der Waals surface area (Å²) in [4.78, 5) is 34.1. The fourth-order valence-electron chi connectivity index (χ4n) is 4.27. The van der Waals surface area contributed by atoms with E-state index in [-0.39, 0.29) is 23.8 Å². The van der Waals surface area contributed by atoms with Gasteiger partial charge in [-0.05, 0) is 39.0 Å². The van der Waals surface area contributed by atoms with Gasteiger partial charge in [0, 0.05) is 25.4 Å². The van der Waals surface area contributed by atoms with E-state index < -0.39 is 0 Å². The molecule has 27 heavy (non-hydrogen) atoms. The first-order valence-electron chi connectivity index (χ1n) is 10.5. The van der Waals surface area contributed by atoms with Gasteiger partial charge in [0.15, 0.2) is 5.82 Å². The number of carbonyl (C=O) groups is 2. The third-order valence-electron chi connectivity index (χ3n) is 5.78. The zero-order chi connectivity index (χ0) is 19.2. The monoisotopic (exact) mass is 376 g/mol. The molecule has 2 amide bonds. The first-order valence-corrected chi connectivity index (χ1v) is 10.5. The van der Waals surface area contributed by atoms with E-state index in [0.717, 1.165) is 51.4 Å². The van der Waals surface area contributed by atoms with Crippen molar-refractivity contribution < 1.29 is 14.1 Å². The van der Waals surface area contributed by atoms with Gasteiger partial charge in [0.05, 0.1) is 6.54 Å². The Bertz CT molecular complexity index is 639. The van der Waals surface area contributed by atoms with Crippen molar-refractivity contribution in [2.24, 2.45) is 5.92 Å². The maximum atomic E-state index is 13.2. The molecule has 3 rings (SSSR count). The molecule has 2 heterocycles. The largest absolute Gasteiger partial charge is 0.339 e. The van der Waals surface area contributed by atoms with E-state index in [1.165, 1.54) is 6.42 Å². The fourth-order valence-corrected chi connectivity index (χ4v) is 4.27. The smallest absolute Gasteiger partial charge is 0.245 e. The van der Waals surface area contributed by atoms with Gasteiger partial charge in [-0.25, -0.2) is 0 Å². The molecule has 1 aliphatic heterocycles. The zero-order valence-corrected chi connectivity index (χ0v) is 16.7. The summed E-state index contributed by atoms with van der Waals surface area (Å²) in [5.41, 5.74) is 0. The molecular weight excluding hydrogens is 344 g/mol. The molecule has 0 aromatic carbocycles. The Morgan fingerprint density at radius 3 is 2.63 bits per heavy atom. The molecular formula is C20H32N4O3. The lowest BCUT2D eigenvalue weighted by molar-refractivity contribution is -0.146. The van der Waals surface area contributed by atoms with Gasteiger partial charge < -0.3 is 14.3 Å². The van der Waals surface area contributed by atoms with E-state index in [0.29, 0.717) is 31.3 Å². The molecule has 1 aliphatic carbocycles. The second-order valence-electron chi connectivity index (χ2n) is 7.73. The van der Waals surface area contributed by atoms with Crippen LogP contribution in [0.5, 0.6) is 0 Å². The average Bonchev–Trinajstić information content (AvgIpc) is 3.35. The molecule has 0 bridgehead atoms. The number of carbonyl (C=O) groups excluding carboxylic acids is 2. The normalized spacial score (nSPS) is 20.8. The van der Waals surface area contributed by atoms with Crippen LogP contribution in [0.3, 0.4) is 0 Å². The molecule has 1 aromatic heterocycles. The summed E-state index contributed by atoms with van der Waals surface area (Å²) in [6, 6.07) is -0.332. The summed E-state index contributed by atoms with van der Waals surface area (Å²) in [7, 11) is 0. The molecule has 2 aliphatic rings. The third-order valence-corrected chi connectivity index (χ3v) is 5.78. The van der Waals surface area contributed by atoms with Crippen LogP contribution in [0, 0.1) is 5.92 Å². The van der Waals surface area contributed by atoms with Crippen LogP contribution in [0.1, 0.15) is 76.9 Å². The number of rotatable bonds is 7. The number of amides is 2. The van der Waals surface area contributed by atoms with Crippen molar-refractivity contribution in [3.05, 3.63) is 11.7 Å². The van der Waals surface area contributed by atoms with Crippen molar-refractivity contribution in [3.8, 4) is 0 Å². The Kier molecular flexibility index (Phi) is 6.85. The van der Waals surface area contributed by atoms with Crippen LogP contribution in [0.2, 0.25) is 0 Å². The van der Waals surface area contributed by atoms with Crippen LogP contribution in [0.4, 0.5) is 0 Å². The van der Waals surface area contributed by atoms with Gasteiger partial charge in [0.1, 0.15) is 6.04 Å². The Labute approximate surface area is 161 Å². The highest BCUT2D eigenvalue weighted by Gasteiger charge is 2.39. The van der Waals surface area contributed by atoms with E-state index in [1.807, 2.05) is 11.8 Å². The van der Waals surface area contributed by atoms with Gasteiger partial charge in [0.2, 0.25) is 17.7 Å². The molecule has 1 aromatic rings. The highest BCUT2D eigenvalue weighted by atomic mass is 16.5. The minimum Gasteiger partial charge on any atom is -0.339 e. The van der Waals surface area contributed by atoms with Gasteiger partial charge in [-0.15, -0.1) is 0 Å². The lowest BCUT2D eigenvalue weighted by Crippen LogP contribution is -2.49. The number of likely N-dealkylation sites (N-methyl/N-ethyl adjacent to an activating group) is 1. The first-order chi connectivity index (χ1) is 13.1. The van der Waals surface area contributed by atoms with Gasteiger partial charge in [-0.3, -0.25) is 9.59 Å². The van der Waals surface area contributed by atoms with Crippen molar-refractivity contribution in [2.75, 3.05) is 13.1 Å². The van der Waals surface area contributed by atoms with Gasteiger partial charge >= 0.3 is 0 Å². The van der Waals surface area contributed by atoms with Crippen molar-refractivity contribution in [2.45, 2.75) is 84.2 Å². The summed E-state index contributed by atoms with van der Waals surface area (Å²) in [5, 5.41) is 4.00. The second-order valence-corrected chi connectivity index (χ2v) is 7.73. The number of nitrogens with zero attached hydrogens (tertiary/aromatic N) is 4. The molecule has 0 N–H and O–H groups in total. The van der Waals surface area contributed by atoms with E-state index >= 15 is 0 Å². The van der Waals surface area contributed by atoms with Crippen LogP contribution in [0.25, 0.3) is 0 Å². The highest BCUT2D eigenvalue weighted by Crippen LogP contribution is 2.29. The summed E-state index contributed by atoms with van der Waals surface area (Å²) in [5.74, 6) is 1.46. The summed E-state index contributed by atoms with van der Waals surface area (Å²) < 4.78 is 5.23. The van der Waals surface area contributed by atoms with Crippen LogP contribution in [0.15, 0.2) is 4.52 Å². The van der Waals surface area contributed by atoms with Gasteiger partial charge in [-0.2, -0.15) is 4.98 Å². The Balaban J connectivity index is 1.64. The van der Waals surface area contributed by atoms with Crippen molar-refractivity contribution in [1.29, 1.82) is 0 Å². The van der Waals surface area contributed by atoms with E-state index in [9.17, 15) is 9.59 Å². The Morgan fingerprint density at radius 1 is 1.15 bits per heavy atom. The fraction of sp³-hybridized carbons (Fsp3) is 0.800. The second kappa shape index (κ2) is 9.33. The number of likely N-dealkylation sites (tertiary alicyclic amines) is 1. The maximum absolute atomic E-state index is 13.2. The lowest BCUT2D eigenvalue weighted by atomic mass is 9.88. The molecule has 2 fully saturated rings.